The van der Waals surface area contributed by atoms with Gasteiger partial charge in [-0.1, -0.05) is 29.1 Å². The van der Waals surface area contributed by atoms with Crippen LogP contribution in [0, 0.1) is 0 Å². The summed E-state index contributed by atoms with van der Waals surface area (Å²) in [5.41, 5.74) is -0.799. The highest BCUT2D eigenvalue weighted by molar-refractivity contribution is 8.14. The zero-order valence-corrected chi connectivity index (χ0v) is 20.9. The molecule has 10 atom stereocenters. The summed E-state index contributed by atoms with van der Waals surface area (Å²) in [5, 5.41) is 72.5. The summed E-state index contributed by atoms with van der Waals surface area (Å²) in [4.78, 5) is 0. The van der Waals surface area contributed by atoms with Crippen LogP contribution in [0.5, 0.6) is 5.75 Å². The van der Waals surface area contributed by atoms with E-state index in [-0.39, 0.29) is 17.2 Å². The Balaban J connectivity index is 1.72. The SMILES string of the molecule is C[C@H]1OC(Oc2ccc(C/C(=N/OS(=O)(=O)O)S[C@@H]3O[C@H](CO)[C@@H](O)[C@H](O)[C@H]3O)cc2)[C@@H](O)[C@@H](O)[C@@H]1O. The fraction of sp³-hybridized carbons (Fsp3) is 0.650. The van der Waals surface area contributed by atoms with Crippen molar-refractivity contribution in [1.82, 2.24) is 0 Å². The van der Waals surface area contributed by atoms with Gasteiger partial charge in [-0.15, -0.1) is 0 Å². The van der Waals surface area contributed by atoms with Gasteiger partial charge in [0.2, 0.25) is 6.29 Å². The summed E-state index contributed by atoms with van der Waals surface area (Å²) in [5.74, 6) is 0.220. The molecule has 0 spiro atoms. The highest BCUT2D eigenvalue weighted by Crippen LogP contribution is 2.31. The van der Waals surface area contributed by atoms with Crippen molar-refractivity contribution < 1.29 is 67.2 Å². The van der Waals surface area contributed by atoms with Crippen LogP contribution < -0.4 is 4.74 Å². The molecule has 0 radical (unpaired) electrons. The number of thioether (sulfide) groups is 1. The molecule has 0 saturated carbocycles. The third kappa shape index (κ3) is 7.71. The van der Waals surface area contributed by atoms with E-state index in [1.165, 1.54) is 31.2 Å². The lowest BCUT2D eigenvalue weighted by Crippen LogP contribution is -2.58. The largest absolute Gasteiger partial charge is 0.466 e. The maximum atomic E-state index is 11.0. The van der Waals surface area contributed by atoms with Gasteiger partial charge >= 0.3 is 10.4 Å². The van der Waals surface area contributed by atoms with E-state index in [9.17, 15) is 44.2 Å². The van der Waals surface area contributed by atoms with Crippen molar-refractivity contribution in [3.63, 3.8) is 0 Å². The van der Waals surface area contributed by atoms with Gasteiger partial charge in [0, 0.05) is 6.42 Å². The van der Waals surface area contributed by atoms with Crippen molar-refractivity contribution in [3.8, 4) is 5.75 Å². The number of benzene rings is 1. The molecule has 3 rings (SSSR count). The van der Waals surface area contributed by atoms with Gasteiger partial charge in [0.1, 0.15) is 59.0 Å². The minimum Gasteiger partial charge on any atom is -0.462 e. The minimum absolute atomic E-state index is 0.125. The Kier molecular flexibility index (Phi) is 10.1. The maximum Gasteiger partial charge on any atom is 0.466 e. The van der Waals surface area contributed by atoms with Crippen LogP contribution in [0.15, 0.2) is 29.4 Å². The normalized spacial score (nSPS) is 37.3. The summed E-state index contributed by atoms with van der Waals surface area (Å²) in [6.45, 7) is 0.827. The van der Waals surface area contributed by atoms with Gasteiger partial charge in [-0.25, -0.2) is 4.28 Å². The van der Waals surface area contributed by atoms with E-state index in [0.717, 1.165) is 0 Å². The molecule has 0 bridgehead atoms. The molecule has 1 unspecified atom stereocenters. The van der Waals surface area contributed by atoms with Crippen LogP contribution in [-0.4, -0.2) is 121 Å². The molecule has 0 aliphatic carbocycles. The molecule has 0 aromatic heterocycles. The average molecular weight is 572 g/mol. The zero-order valence-electron chi connectivity index (χ0n) is 19.3. The maximum absolute atomic E-state index is 11.0. The van der Waals surface area contributed by atoms with Crippen molar-refractivity contribution in [1.29, 1.82) is 0 Å². The molecule has 2 aliphatic rings. The Hall–Kier alpha value is -1.61. The van der Waals surface area contributed by atoms with Gasteiger partial charge in [0.15, 0.2) is 0 Å². The molecule has 210 valence electrons. The first-order chi connectivity index (χ1) is 17.3. The Morgan fingerprint density at radius 3 is 2.16 bits per heavy atom. The molecule has 1 aromatic rings. The van der Waals surface area contributed by atoms with Crippen LogP contribution in [0.1, 0.15) is 12.5 Å². The molecular weight excluding hydrogens is 542 g/mol. The molecule has 2 fully saturated rings. The highest BCUT2D eigenvalue weighted by Gasteiger charge is 2.45. The molecule has 2 aliphatic heterocycles. The van der Waals surface area contributed by atoms with Crippen LogP contribution in [0.4, 0.5) is 0 Å². The third-order valence-electron chi connectivity index (χ3n) is 5.67. The van der Waals surface area contributed by atoms with E-state index in [2.05, 4.69) is 9.44 Å². The Morgan fingerprint density at radius 2 is 1.57 bits per heavy atom. The fourth-order valence-electron chi connectivity index (χ4n) is 3.59. The Labute approximate surface area is 215 Å². The van der Waals surface area contributed by atoms with E-state index in [0.29, 0.717) is 17.3 Å². The topological polar surface area (TPSA) is 245 Å². The number of oxime groups is 1. The summed E-state index contributed by atoms with van der Waals surface area (Å²) >= 11 is 0.627. The second kappa shape index (κ2) is 12.5. The lowest BCUT2D eigenvalue weighted by atomic mass is 10.00. The Morgan fingerprint density at radius 1 is 0.946 bits per heavy atom. The summed E-state index contributed by atoms with van der Waals surface area (Å²) < 4.78 is 51.3. The van der Waals surface area contributed by atoms with E-state index < -0.39 is 77.6 Å². The number of rotatable bonds is 8. The molecule has 2 heterocycles. The second-order valence-electron chi connectivity index (χ2n) is 8.42. The highest BCUT2D eigenvalue weighted by atomic mass is 32.3. The molecule has 2 saturated heterocycles. The van der Waals surface area contributed by atoms with Crippen molar-refractivity contribution in [2.24, 2.45) is 5.16 Å². The number of aliphatic hydroxyl groups excluding tert-OH is 7. The molecular formula is C20H29NO14S2. The van der Waals surface area contributed by atoms with Gasteiger partial charge in [-0.2, -0.15) is 8.42 Å². The first kappa shape index (κ1) is 29.9. The molecule has 0 amide bonds. The summed E-state index contributed by atoms with van der Waals surface area (Å²) in [6.07, 6.45) is -12.6. The number of hydrogen-bond acceptors (Lipinski definition) is 15. The molecule has 1 aromatic carbocycles. The van der Waals surface area contributed by atoms with Gasteiger partial charge in [0.25, 0.3) is 0 Å². The van der Waals surface area contributed by atoms with Gasteiger partial charge in [0.05, 0.1) is 12.7 Å². The molecule has 17 heteroatoms. The number of aliphatic hydroxyl groups is 7. The standard InChI is InChI=1S/C20H29NO14S2/c1-8-13(23)15(25)17(27)19(32-8)33-10-4-2-9(3-5-10)6-12(21-35-37(29,30)31)36-20-18(28)16(26)14(24)11(7-22)34-20/h2-5,8,11,13-20,22-28H,6-7H2,1H3,(H,29,30,31)/b21-12-/t8-,11-,13-,14-,15+,16+,17+,18-,19?,20+/m1/s1. The summed E-state index contributed by atoms with van der Waals surface area (Å²) in [7, 11) is -4.97. The summed E-state index contributed by atoms with van der Waals surface area (Å²) in [6, 6.07) is 5.98. The third-order valence-corrected chi connectivity index (χ3v) is 7.05. The van der Waals surface area contributed by atoms with Gasteiger partial charge in [-0.05, 0) is 24.6 Å². The first-order valence-corrected chi connectivity index (χ1v) is 13.2. The monoisotopic (exact) mass is 571 g/mol. The van der Waals surface area contributed by atoms with Gasteiger partial charge in [-0.3, -0.25) is 4.55 Å². The van der Waals surface area contributed by atoms with Crippen LogP contribution in [-0.2, 0) is 30.6 Å². The minimum atomic E-state index is -4.97. The number of hydrogen-bond donors (Lipinski definition) is 8. The van der Waals surface area contributed by atoms with E-state index in [4.69, 9.17) is 18.8 Å². The fourth-order valence-corrected chi connectivity index (χ4v) is 4.92. The molecule has 15 nitrogen and oxygen atoms in total. The van der Waals surface area contributed by atoms with Crippen molar-refractivity contribution in [2.75, 3.05) is 6.61 Å². The zero-order chi connectivity index (χ0) is 27.5. The van der Waals surface area contributed by atoms with Crippen LogP contribution in [0.2, 0.25) is 0 Å². The van der Waals surface area contributed by atoms with Crippen LogP contribution in [0.25, 0.3) is 0 Å². The first-order valence-electron chi connectivity index (χ1n) is 11.0. The molecule has 8 N–H and O–H groups in total. The molecule has 37 heavy (non-hydrogen) atoms. The Bertz CT molecular complexity index is 1020. The lowest BCUT2D eigenvalue weighted by Gasteiger charge is -2.39. The van der Waals surface area contributed by atoms with Crippen molar-refractivity contribution in [2.45, 2.75) is 73.9 Å². The number of nitrogens with zero attached hydrogens (tertiary/aromatic N) is 1. The number of ether oxygens (including phenoxy) is 3. The average Bonchev–Trinajstić information content (AvgIpc) is 2.85. The van der Waals surface area contributed by atoms with Crippen LogP contribution in [0.3, 0.4) is 0 Å². The smallest absolute Gasteiger partial charge is 0.462 e. The lowest BCUT2D eigenvalue weighted by molar-refractivity contribution is -0.268. The predicted octanol–water partition coefficient (Wildman–Crippen LogP) is -2.90. The van der Waals surface area contributed by atoms with E-state index >= 15 is 0 Å². The van der Waals surface area contributed by atoms with Crippen LogP contribution >= 0.6 is 11.8 Å². The van der Waals surface area contributed by atoms with Gasteiger partial charge < -0.3 is 50.0 Å². The van der Waals surface area contributed by atoms with Crippen molar-refractivity contribution >= 4 is 27.2 Å². The quantitative estimate of drug-likeness (QED) is 0.0675. The predicted molar refractivity (Wildman–Crippen MR) is 125 cm³/mol. The second-order valence-corrected chi connectivity index (χ2v) is 10.6. The van der Waals surface area contributed by atoms with E-state index in [1.54, 1.807) is 0 Å². The van der Waals surface area contributed by atoms with E-state index in [1.807, 2.05) is 0 Å². The van der Waals surface area contributed by atoms with Crippen molar-refractivity contribution in [3.05, 3.63) is 29.8 Å².